The molecule has 0 saturated heterocycles. The number of fused-ring (bicyclic) bond motifs is 1. The van der Waals surface area contributed by atoms with Gasteiger partial charge in [-0.1, -0.05) is 18.1 Å². The molecule has 0 aromatic heterocycles. The van der Waals surface area contributed by atoms with Crippen molar-refractivity contribution in [2.75, 3.05) is 18.2 Å². The molecule has 2 nitrogen and oxygen atoms in total. The lowest BCUT2D eigenvalue weighted by molar-refractivity contribution is 0.350. The fourth-order valence-electron chi connectivity index (χ4n) is 1.30. The van der Waals surface area contributed by atoms with E-state index in [0.29, 0.717) is 13.3 Å². The predicted octanol–water partition coefficient (Wildman–Crippen LogP) is 1.48. The van der Waals surface area contributed by atoms with Crippen molar-refractivity contribution in [2.45, 2.75) is 0 Å². The largest absolute Gasteiger partial charge is 0.471 e. The van der Waals surface area contributed by atoms with Crippen LogP contribution >= 0.6 is 0 Å². The molecule has 0 aliphatic carbocycles. The number of rotatable bonds is 1. The molecule has 1 aromatic rings. The van der Waals surface area contributed by atoms with Gasteiger partial charge in [0, 0.05) is 0 Å². The quantitative estimate of drug-likeness (QED) is 0.575. The molecule has 0 bridgehead atoms. The van der Waals surface area contributed by atoms with Gasteiger partial charge in [0.2, 0.25) is 0 Å². The Kier molecular flexibility index (Phi) is 1.64. The van der Waals surface area contributed by atoms with Gasteiger partial charge in [-0.3, -0.25) is 0 Å². The highest BCUT2D eigenvalue weighted by Gasteiger charge is 2.17. The Labute approximate surface area is 71.8 Å². The van der Waals surface area contributed by atoms with Crippen molar-refractivity contribution in [3.05, 3.63) is 24.3 Å². The fraction of sp³-hybridized carbons (Fsp3) is 0.200. The van der Waals surface area contributed by atoms with E-state index >= 15 is 0 Å². The van der Waals surface area contributed by atoms with E-state index in [0.717, 1.165) is 11.4 Å². The third-order valence-electron chi connectivity index (χ3n) is 1.86. The van der Waals surface area contributed by atoms with Crippen LogP contribution in [0, 0.1) is 12.3 Å². The smallest absolute Gasteiger partial charge is 0.162 e. The zero-order valence-corrected chi connectivity index (χ0v) is 6.66. The summed E-state index contributed by atoms with van der Waals surface area (Å²) in [5, 5.41) is 0. The molecule has 60 valence electrons. The van der Waals surface area contributed by atoms with Crippen LogP contribution in [-0.2, 0) is 0 Å². The topological polar surface area (TPSA) is 12.5 Å². The lowest BCUT2D eigenvalue weighted by Gasteiger charge is -2.11. The highest BCUT2D eigenvalue weighted by atomic mass is 16.5. The van der Waals surface area contributed by atoms with Crippen LogP contribution in [0.25, 0.3) is 0 Å². The van der Waals surface area contributed by atoms with Gasteiger partial charge in [0.15, 0.2) is 6.73 Å². The second kappa shape index (κ2) is 2.78. The summed E-state index contributed by atoms with van der Waals surface area (Å²) in [5.74, 6) is 3.52. The summed E-state index contributed by atoms with van der Waals surface area (Å²) in [4.78, 5) is 2.02. The van der Waals surface area contributed by atoms with E-state index in [1.807, 2.05) is 29.2 Å². The molecule has 1 aliphatic rings. The lowest BCUT2D eigenvalue weighted by Crippen LogP contribution is -2.21. The van der Waals surface area contributed by atoms with Gasteiger partial charge >= 0.3 is 0 Å². The van der Waals surface area contributed by atoms with Gasteiger partial charge in [-0.25, -0.2) is 0 Å². The maximum atomic E-state index is 5.39. The molecule has 0 atom stereocenters. The Morgan fingerprint density at radius 2 is 2.33 bits per heavy atom. The summed E-state index contributed by atoms with van der Waals surface area (Å²) in [6.45, 7) is 1.18. The van der Waals surface area contributed by atoms with Gasteiger partial charge in [-0.05, 0) is 12.1 Å². The van der Waals surface area contributed by atoms with Crippen LogP contribution in [-0.4, -0.2) is 13.3 Å². The molecule has 12 heavy (non-hydrogen) atoms. The van der Waals surface area contributed by atoms with Gasteiger partial charge in [0.05, 0.1) is 12.2 Å². The molecule has 0 spiro atoms. The van der Waals surface area contributed by atoms with E-state index in [1.165, 1.54) is 0 Å². The Bertz CT molecular complexity index is 327. The molecule has 0 saturated carbocycles. The van der Waals surface area contributed by atoms with Crippen LogP contribution in [0.5, 0.6) is 5.75 Å². The van der Waals surface area contributed by atoms with Crippen LogP contribution in [0.4, 0.5) is 5.69 Å². The molecule has 1 aromatic carbocycles. The summed E-state index contributed by atoms with van der Waals surface area (Å²) in [5.41, 5.74) is 1.09. The first-order chi connectivity index (χ1) is 5.92. The standard InChI is InChI=1S/C10H9NO/c1-2-7-11-8-12-10-6-4-3-5-9(10)11/h1,3-6H,7-8H2. The molecule has 0 unspecified atom stereocenters. The van der Waals surface area contributed by atoms with Crippen LogP contribution in [0.1, 0.15) is 0 Å². The van der Waals surface area contributed by atoms with Crippen molar-refractivity contribution in [2.24, 2.45) is 0 Å². The van der Waals surface area contributed by atoms with Crippen molar-refractivity contribution in [1.82, 2.24) is 0 Å². The lowest BCUT2D eigenvalue weighted by atomic mass is 10.3. The minimum atomic E-state index is 0.573. The number of para-hydroxylation sites is 2. The van der Waals surface area contributed by atoms with Crippen molar-refractivity contribution in [3.8, 4) is 18.1 Å². The number of benzene rings is 1. The molecule has 0 N–H and O–H groups in total. The zero-order chi connectivity index (χ0) is 8.39. The first kappa shape index (κ1) is 7.05. The number of terminal acetylenes is 1. The first-order valence-electron chi connectivity index (χ1n) is 3.82. The van der Waals surface area contributed by atoms with Crippen LogP contribution in [0.15, 0.2) is 24.3 Å². The molecule has 2 rings (SSSR count). The average Bonchev–Trinajstić information content (AvgIpc) is 2.50. The van der Waals surface area contributed by atoms with E-state index < -0.39 is 0 Å². The van der Waals surface area contributed by atoms with Gasteiger partial charge in [-0.2, -0.15) is 0 Å². The Balaban J connectivity index is 2.31. The van der Waals surface area contributed by atoms with E-state index in [9.17, 15) is 0 Å². The molecular weight excluding hydrogens is 150 g/mol. The van der Waals surface area contributed by atoms with Crippen molar-refractivity contribution in [3.63, 3.8) is 0 Å². The van der Waals surface area contributed by atoms with Gasteiger partial charge in [-0.15, -0.1) is 6.42 Å². The molecule has 0 fully saturated rings. The number of hydrogen-bond acceptors (Lipinski definition) is 2. The number of ether oxygens (including phenoxy) is 1. The minimum absolute atomic E-state index is 0.573. The summed E-state index contributed by atoms with van der Waals surface area (Å²) in [7, 11) is 0. The Morgan fingerprint density at radius 3 is 3.17 bits per heavy atom. The van der Waals surface area contributed by atoms with E-state index in [-0.39, 0.29) is 0 Å². The molecule has 1 aliphatic heterocycles. The molecule has 2 heteroatoms. The zero-order valence-electron chi connectivity index (χ0n) is 6.66. The van der Waals surface area contributed by atoms with Crippen molar-refractivity contribution < 1.29 is 4.74 Å². The van der Waals surface area contributed by atoms with E-state index in [2.05, 4.69) is 5.92 Å². The number of hydrogen-bond donors (Lipinski definition) is 0. The predicted molar refractivity (Wildman–Crippen MR) is 48.1 cm³/mol. The van der Waals surface area contributed by atoms with E-state index in [4.69, 9.17) is 11.2 Å². The Morgan fingerprint density at radius 1 is 1.50 bits per heavy atom. The highest BCUT2D eigenvalue weighted by Crippen LogP contribution is 2.32. The van der Waals surface area contributed by atoms with Crippen LogP contribution in [0.3, 0.4) is 0 Å². The summed E-state index contributed by atoms with van der Waals surface area (Å²) in [6.07, 6.45) is 5.22. The highest BCUT2D eigenvalue weighted by molar-refractivity contribution is 5.61. The fourth-order valence-corrected chi connectivity index (χ4v) is 1.30. The molecule has 0 amide bonds. The number of anilines is 1. The second-order valence-electron chi connectivity index (χ2n) is 2.64. The van der Waals surface area contributed by atoms with Crippen molar-refractivity contribution >= 4 is 5.69 Å². The molecular formula is C10H9NO. The average molecular weight is 159 g/mol. The minimum Gasteiger partial charge on any atom is -0.471 e. The second-order valence-corrected chi connectivity index (χ2v) is 2.64. The summed E-state index contributed by atoms with van der Waals surface area (Å²) < 4.78 is 5.39. The van der Waals surface area contributed by atoms with Crippen LogP contribution < -0.4 is 9.64 Å². The van der Waals surface area contributed by atoms with Crippen molar-refractivity contribution in [1.29, 1.82) is 0 Å². The van der Waals surface area contributed by atoms with Gasteiger partial charge < -0.3 is 9.64 Å². The van der Waals surface area contributed by atoms with Gasteiger partial charge in [0.25, 0.3) is 0 Å². The Hall–Kier alpha value is -1.62. The molecule has 1 heterocycles. The summed E-state index contributed by atoms with van der Waals surface area (Å²) in [6, 6.07) is 7.90. The monoisotopic (exact) mass is 159 g/mol. The van der Waals surface area contributed by atoms with Crippen LogP contribution in [0.2, 0.25) is 0 Å². The van der Waals surface area contributed by atoms with E-state index in [1.54, 1.807) is 0 Å². The maximum absolute atomic E-state index is 5.39. The number of nitrogens with zero attached hydrogens (tertiary/aromatic N) is 1. The third-order valence-corrected chi connectivity index (χ3v) is 1.86. The van der Waals surface area contributed by atoms with Gasteiger partial charge in [0.1, 0.15) is 5.75 Å². The first-order valence-corrected chi connectivity index (χ1v) is 3.82. The molecule has 0 radical (unpaired) electrons. The summed E-state index contributed by atoms with van der Waals surface area (Å²) >= 11 is 0. The normalized spacial score (nSPS) is 13.4. The maximum Gasteiger partial charge on any atom is 0.162 e. The third kappa shape index (κ3) is 0.998. The SMILES string of the molecule is C#CCN1COc2ccccc21.